The molecule has 0 aliphatic carbocycles. The number of nitrogens with zero attached hydrogens (tertiary/aromatic N) is 6. The van der Waals surface area contributed by atoms with Crippen molar-refractivity contribution in [2.24, 2.45) is 4.99 Å². The van der Waals surface area contributed by atoms with Crippen molar-refractivity contribution in [1.29, 1.82) is 10.7 Å². The Morgan fingerprint density at radius 3 is 2.67 bits per heavy atom. The van der Waals surface area contributed by atoms with Crippen LogP contribution in [-0.4, -0.2) is 61.3 Å². The number of aliphatic imine (C=N–C) groups is 1. The predicted molar refractivity (Wildman–Crippen MR) is 151 cm³/mol. The van der Waals surface area contributed by atoms with Gasteiger partial charge in [-0.3, -0.25) is 14.1 Å². The Morgan fingerprint density at radius 1 is 1.30 bits per heavy atom. The number of hydrogen-bond donors (Lipinski definition) is 2. The molecule has 0 saturated carbocycles. The Balaban J connectivity index is 1.87. The number of aromatic nitrogens is 2. The van der Waals surface area contributed by atoms with E-state index in [2.05, 4.69) is 29.7 Å². The third-order valence-electron chi connectivity index (χ3n) is 6.80. The van der Waals surface area contributed by atoms with Crippen LogP contribution >= 0.6 is 0 Å². The second-order valence-corrected chi connectivity index (χ2v) is 9.51. The summed E-state index contributed by atoms with van der Waals surface area (Å²) in [5.41, 5.74) is 1.07. The van der Waals surface area contributed by atoms with Crippen molar-refractivity contribution >= 4 is 30.1 Å². The van der Waals surface area contributed by atoms with Crippen molar-refractivity contribution in [1.82, 2.24) is 14.0 Å². The van der Waals surface area contributed by atoms with E-state index in [4.69, 9.17) is 10.1 Å². The first-order chi connectivity index (χ1) is 19.1. The number of likely N-dealkylation sites (N-methyl/N-ethyl adjacent to an activating group) is 1. The van der Waals surface area contributed by atoms with Gasteiger partial charge in [0.25, 0.3) is 0 Å². The maximum atomic E-state index is 15.2. The van der Waals surface area contributed by atoms with Gasteiger partial charge in [-0.2, -0.15) is 5.26 Å². The van der Waals surface area contributed by atoms with Crippen LogP contribution < -0.4 is 20.6 Å². The number of anilines is 2. The smallest absolute Gasteiger partial charge is 0.330 e. The Kier molecular flexibility index (Phi) is 8.16. The molecule has 0 bridgehead atoms. The van der Waals surface area contributed by atoms with E-state index in [0.29, 0.717) is 23.5 Å². The number of imidazole rings is 1. The van der Waals surface area contributed by atoms with Crippen molar-refractivity contribution < 1.29 is 13.5 Å². The zero-order chi connectivity index (χ0) is 29.1. The van der Waals surface area contributed by atoms with Crippen molar-refractivity contribution in [3.05, 3.63) is 81.7 Å². The fourth-order valence-electron chi connectivity index (χ4n) is 4.70. The summed E-state index contributed by atoms with van der Waals surface area (Å²) >= 11 is 0. The summed E-state index contributed by atoms with van der Waals surface area (Å²) in [6.45, 7) is 8.50. The van der Waals surface area contributed by atoms with Crippen LogP contribution in [0.3, 0.4) is 0 Å². The van der Waals surface area contributed by atoms with Crippen molar-refractivity contribution in [3.8, 4) is 11.8 Å². The minimum atomic E-state index is -0.917. The summed E-state index contributed by atoms with van der Waals surface area (Å²) in [5.74, 6) is -1.22. The number of rotatable bonds is 10. The SMILES string of the molecule is C=Nc1ccc(C#N)cc1N(C)C(=C)Nc1c(C=N)n(CCN(C)C)c(=O)n1[C@@H]1CCOc2c(F)ccc(F)c21. The molecule has 2 aromatic carbocycles. The van der Waals surface area contributed by atoms with Crippen LogP contribution in [0.25, 0.3) is 0 Å². The lowest BCUT2D eigenvalue weighted by molar-refractivity contribution is 0.237. The van der Waals surface area contributed by atoms with Gasteiger partial charge in [0.2, 0.25) is 0 Å². The maximum Gasteiger partial charge on any atom is 0.330 e. The zero-order valence-electron chi connectivity index (χ0n) is 22.5. The van der Waals surface area contributed by atoms with Gasteiger partial charge in [-0.05, 0) is 51.1 Å². The molecule has 0 amide bonds. The lowest BCUT2D eigenvalue weighted by atomic mass is 9.99. The molecule has 2 N–H and O–H groups in total. The molecule has 1 aromatic heterocycles. The van der Waals surface area contributed by atoms with Crippen molar-refractivity contribution in [2.45, 2.75) is 19.0 Å². The Hall–Kier alpha value is -4.76. The highest BCUT2D eigenvalue weighted by Crippen LogP contribution is 2.40. The molecule has 0 unspecified atom stereocenters. The molecular formula is C28H30F2N8O2. The van der Waals surface area contributed by atoms with Crippen LogP contribution in [-0.2, 0) is 6.54 Å². The molecule has 1 atom stereocenters. The molecule has 1 aliphatic rings. The summed E-state index contributed by atoms with van der Waals surface area (Å²) in [6, 6.07) is 8.05. The van der Waals surface area contributed by atoms with Gasteiger partial charge in [-0.15, -0.1) is 0 Å². The lowest BCUT2D eigenvalue weighted by Crippen LogP contribution is -2.34. The first kappa shape index (κ1) is 28.3. The third-order valence-corrected chi connectivity index (χ3v) is 6.80. The second kappa shape index (κ2) is 11.5. The van der Waals surface area contributed by atoms with Crippen LogP contribution in [0.2, 0.25) is 0 Å². The van der Waals surface area contributed by atoms with Gasteiger partial charge in [0.1, 0.15) is 23.1 Å². The van der Waals surface area contributed by atoms with E-state index in [-0.39, 0.29) is 48.2 Å². The predicted octanol–water partition coefficient (Wildman–Crippen LogP) is 4.08. The zero-order valence-corrected chi connectivity index (χ0v) is 22.5. The number of fused-ring (bicyclic) bond motifs is 1. The molecule has 40 heavy (non-hydrogen) atoms. The minimum Gasteiger partial charge on any atom is -0.490 e. The molecule has 0 fully saturated rings. The van der Waals surface area contributed by atoms with Gasteiger partial charge in [-0.1, -0.05) is 6.58 Å². The normalized spacial score (nSPS) is 14.2. The Labute approximate surface area is 230 Å². The number of benzene rings is 2. The number of nitriles is 1. The standard InChI is InChI=1S/C28H30F2N8O2/c1-17(36(5)23-14-18(15-31)6-9-21(23)33-2)34-27-24(16-32)37(12-11-35(3)4)28(39)38(27)22-10-13-40-26-20(30)8-7-19(29)25(22)26/h6-9,14,16,22,32,34H,1-2,10-13H2,3-5H3/t22-/m1/s1. The van der Waals surface area contributed by atoms with Gasteiger partial charge >= 0.3 is 5.69 Å². The topological polar surface area (TPSA) is 115 Å². The highest BCUT2D eigenvalue weighted by Gasteiger charge is 2.34. The highest BCUT2D eigenvalue weighted by atomic mass is 19.1. The van der Waals surface area contributed by atoms with E-state index in [1.807, 2.05) is 19.0 Å². The minimum absolute atomic E-state index is 0.0584. The molecular weight excluding hydrogens is 518 g/mol. The van der Waals surface area contributed by atoms with Crippen LogP contribution in [0.15, 0.2) is 52.5 Å². The molecule has 0 saturated heterocycles. The second-order valence-electron chi connectivity index (χ2n) is 9.51. The largest absolute Gasteiger partial charge is 0.490 e. The summed E-state index contributed by atoms with van der Waals surface area (Å²) in [5, 5.41) is 20.7. The third kappa shape index (κ3) is 5.11. The maximum absolute atomic E-state index is 15.2. The Bertz CT molecular complexity index is 1580. The molecule has 1 aliphatic heterocycles. The van der Waals surface area contributed by atoms with Crippen LogP contribution in [0.1, 0.15) is 29.3 Å². The summed E-state index contributed by atoms with van der Waals surface area (Å²) in [7, 11) is 5.40. The average molecular weight is 549 g/mol. The van der Waals surface area contributed by atoms with Gasteiger partial charge < -0.3 is 25.3 Å². The number of ether oxygens (including phenoxy) is 1. The van der Waals surface area contributed by atoms with Gasteiger partial charge in [0.05, 0.1) is 41.2 Å². The summed E-state index contributed by atoms with van der Waals surface area (Å²) in [4.78, 5) is 21.4. The van der Waals surface area contributed by atoms with Gasteiger partial charge in [0.15, 0.2) is 11.6 Å². The summed E-state index contributed by atoms with van der Waals surface area (Å²) in [6.07, 6.45) is 1.23. The van der Waals surface area contributed by atoms with Gasteiger partial charge in [-0.25, -0.2) is 13.6 Å². The van der Waals surface area contributed by atoms with E-state index in [1.54, 1.807) is 30.1 Å². The number of hydrogen-bond acceptors (Lipinski definition) is 8. The Morgan fingerprint density at radius 2 is 2.02 bits per heavy atom. The monoisotopic (exact) mass is 548 g/mol. The molecule has 208 valence electrons. The quantitative estimate of drug-likeness (QED) is 0.369. The molecule has 10 nitrogen and oxygen atoms in total. The van der Waals surface area contributed by atoms with E-state index in [9.17, 15) is 14.4 Å². The first-order valence-corrected chi connectivity index (χ1v) is 12.4. The van der Waals surface area contributed by atoms with Gasteiger partial charge in [0, 0.05) is 32.8 Å². The molecule has 0 spiro atoms. The van der Waals surface area contributed by atoms with Crippen LogP contribution in [0, 0.1) is 28.4 Å². The average Bonchev–Trinajstić information content (AvgIpc) is 3.21. The van der Waals surface area contributed by atoms with Crippen molar-refractivity contribution in [3.63, 3.8) is 0 Å². The number of nitrogens with one attached hydrogen (secondary N) is 2. The first-order valence-electron chi connectivity index (χ1n) is 12.4. The van der Waals surface area contributed by atoms with Crippen molar-refractivity contribution in [2.75, 3.05) is 44.5 Å². The molecule has 3 aromatic rings. The highest BCUT2D eigenvalue weighted by molar-refractivity contribution is 5.84. The lowest BCUT2D eigenvalue weighted by Gasteiger charge is -2.29. The molecule has 12 heteroatoms. The molecule has 4 rings (SSSR count). The molecule has 2 heterocycles. The fraction of sp³-hybridized carbons (Fsp3) is 0.286. The van der Waals surface area contributed by atoms with Crippen LogP contribution in [0.5, 0.6) is 5.75 Å². The summed E-state index contributed by atoms with van der Waals surface area (Å²) < 4.78 is 38.0. The fourth-order valence-corrected chi connectivity index (χ4v) is 4.70. The van der Waals surface area contributed by atoms with E-state index < -0.39 is 23.4 Å². The van der Waals surface area contributed by atoms with E-state index in [0.717, 1.165) is 18.3 Å². The van der Waals surface area contributed by atoms with E-state index in [1.165, 1.54) is 9.13 Å². The van der Waals surface area contributed by atoms with Crippen LogP contribution in [0.4, 0.5) is 26.0 Å². The molecule has 0 radical (unpaired) electrons. The number of halogens is 2. The van der Waals surface area contributed by atoms with E-state index >= 15 is 4.39 Å².